The van der Waals surface area contributed by atoms with Crippen LogP contribution in [-0.4, -0.2) is 37.2 Å². The fraction of sp³-hybridized carbons (Fsp3) is 0.556. The lowest BCUT2D eigenvalue weighted by Crippen LogP contribution is -2.55. The molecule has 0 saturated carbocycles. The average molecular weight is 232 g/mol. The SMILES string of the molecule is CC1=CC2OCCOC2(S(=O)(=O)O)C=C1. The Morgan fingerprint density at radius 2 is 2.27 bits per heavy atom. The zero-order chi connectivity index (χ0) is 11.1. The van der Waals surface area contributed by atoms with Crippen molar-refractivity contribution in [3.63, 3.8) is 0 Å². The van der Waals surface area contributed by atoms with Crippen LogP contribution in [-0.2, 0) is 19.6 Å². The second-order valence-corrected chi connectivity index (χ2v) is 5.17. The summed E-state index contributed by atoms with van der Waals surface area (Å²) in [5, 5.41) is 0. The van der Waals surface area contributed by atoms with Crippen molar-refractivity contribution in [3.8, 4) is 0 Å². The fourth-order valence-electron chi connectivity index (χ4n) is 1.73. The van der Waals surface area contributed by atoms with E-state index in [1.165, 1.54) is 6.08 Å². The van der Waals surface area contributed by atoms with Crippen molar-refractivity contribution >= 4 is 10.1 Å². The second-order valence-electron chi connectivity index (χ2n) is 3.58. The Labute approximate surface area is 88.1 Å². The molecule has 1 fully saturated rings. The number of allylic oxidation sites excluding steroid dienone is 2. The van der Waals surface area contributed by atoms with E-state index in [1.807, 2.05) is 6.92 Å². The Morgan fingerprint density at radius 3 is 2.93 bits per heavy atom. The summed E-state index contributed by atoms with van der Waals surface area (Å²) in [6, 6.07) is 0. The molecule has 0 aromatic rings. The molecule has 2 unspecified atom stereocenters. The molecule has 1 N–H and O–H groups in total. The van der Waals surface area contributed by atoms with Crippen LogP contribution in [0.1, 0.15) is 6.92 Å². The third-order valence-electron chi connectivity index (χ3n) is 2.50. The lowest BCUT2D eigenvalue weighted by molar-refractivity contribution is -0.126. The molecular weight excluding hydrogens is 220 g/mol. The maximum absolute atomic E-state index is 11.3. The van der Waals surface area contributed by atoms with Crippen molar-refractivity contribution in [1.29, 1.82) is 0 Å². The summed E-state index contributed by atoms with van der Waals surface area (Å²) in [7, 11) is -4.35. The molecule has 0 aromatic heterocycles. The molecule has 0 bridgehead atoms. The van der Waals surface area contributed by atoms with E-state index < -0.39 is 21.2 Å². The monoisotopic (exact) mass is 232 g/mol. The van der Waals surface area contributed by atoms with Gasteiger partial charge in [0.25, 0.3) is 0 Å². The molecule has 0 radical (unpaired) electrons. The highest BCUT2D eigenvalue weighted by Gasteiger charge is 2.52. The first-order valence-corrected chi connectivity index (χ1v) is 6.00. The van der Waals surface area contributed by atoms with Gasteiger partial charge in [-0.1, -0.05) is 11.6 Å². The lowest BCUT2D eigenvalue weighted by atomic mass is 10.0. The normalized spacial score (nSPS) is 35.9. The van der Waals surface area contributed by atoms with Crippen LogP contribution < -0.4 is 0 Å². The summed E-state index contributed by atoms with van der Waals surface area (Å²) in [6.07, 6.45) is 3.79. The van der Waals surface area contributed by atoms with Crippen LogP contribution in [0.3, 0.4) is 0 Å². The zero-order valence-electron chi connectivity index (χ0n) is 8.21. The summed E-state index contributed by atoms with van der Waals surface area (Å²) in [4.78, 5) is -1.76. The fourth-order valence-corrected chi connectivity index (χ4v) is 2.63. The van der Waals surface area contributed by atoms with Gasteiger partial charge in [0, 0.05) is 0 Å². The molecule has 1 aliphatic heterocycles. The van der Waals surface area contributed by atoms with E-state index in [1.54, 1.807) is 12.2 Å². The van der Waals surface area contributed by atoms with Crippen LogP contribution in [0.2, 0.25) is 0 Å². The first-order chi connectivity index (χ1) is 6.96. The highest BCUT2D eigenvalue weighted by Crippen LogP contribution is 2.34. The first kappa shape index (κ1) is 10.8. The molecule has 2 atom stereocenters. The molecule has 0 aromatic carbocycles. The van der Waals surface area contributed by atoms with Gasteiger partial charge in [-0.2, -0.15) is 8.42 Å². The van der Waals surface area contributed by atoms with Crippen LogP contribution in [0.4, 0.5) is 0 Å². The molecule has 2 rings (SSSR count). The number of ether oxygens (including phenoxy) is 2. The molecule has 1 aliphatic carbocycles. The molecule has 6 heteroatoms. The molecule has 1 saturated heterocycles. The molecular formula is C9H12O5S. The van der Waals surface area contributed by atoms with Crippen molar-refractivity contribution in [2.24, 2.45) is 0 Å². The van der Waals surface area contributed by atoms with Crippen molar-refractivity contribution < 1.29 is 22.4 Å². The van der Waals surface area contributed by atoms with Crippen molar-refractivity contribution in [3.05, 3.63) is 23.8 Å². The third kappa shape index (κ3) is 1.63. The first-order valence-electron chi connectivity index (χ1n) is 4.56. The molecule has 0 amide bonds. The van der Waals surface area contributed by atoms with Crippen LogP contribution in [0.15, 0.2) is 23.8 Å². The summed E-state index contributed by atoms with van der Waals surface area (Å²) >= 11 is 0. The van der Waals surface area contributed by atoms with Gasteiger partial charge in [0.15, 0.2) is 0 Å². The summed E-state index contributed by atoms with van der Waals surface area (Å²) in [5.41, 5.74) is 0.879. The highest BCUT2D eigenvalue weighted by atomic mass is 32.2. The summed E-state index contributed by atoms with van der Waals surface area (Å²) < 4.78 is 42.3. The standard InChI is InChI=1S/C9H12O5S/c1-7-2-3-9(15(10,11)12)8(6-7)13-4-5-14-9/h2-3,6,8H,4-5H2,1H3,(H,10,11,12). The van der Waals surface area contributed by atoms with Gasteiger partial charge in [-0.15, -0.1) is 0 Å². The minimum Gasteiger partial charge on any atom is -0.367 e. The van der Waals surface area contributed by atoms with Crippen LogP contribution >= 0.6 is 0 Å². The van der Waals surface area contributed by atoms with Gasteiger partial charge in [0.05, 0.1) is 13.2 Å². The number of fused-ring (bicyclic) bond motifs is 1. The Bertz CT molecular complexity index is 422. The Morgan fingerprint density at radius 1 is 1.53 bits per heavy atom. The van der Waals surface area contributed by atoms with Gasteiger partial charge in [-0.3, -0.25) is 4.55 Å². The van der Waals surface area contributed by atoms with Gasteiger partial charge in [0.1, 0.15) is 6.10 Å². The number of hydrogen-bond acceptors (Lipinski definition) is 4. The van der Waals surface area contributed by atoms with Gasteiger partial charge >= 0.3 is 10.1 Å². The number of hydrogen-bond donors (Lipinski definition) is 1. The highest BCUT2D eigenvalue weighted by molar-refractivity contribution is 7.87. The van der Waals surface area contributed by atoms with Gasteiger partial charge in [-0.25, -0.2) is 0 Å². The maximum Gasteiger partial charge on any atom is 0.302 e. The molecule has 1 heterocycles. The third-order valence-corrected chi connectivity index (χ3v) is 3.79. The summed E-state index contributed by atoms with van der Waals surface area (Å²) in [6.45, 7) is 2.29. The minimum absolute atomic E-state index is 0.146. The molecule has 0 spiro atoms. The van der Waals surface area contributed by atoms with E-state index in [4.69, 9.17) is 9.47 Å². The largest absolute Gasteiger partial charge is 0.367 e. The average Bonchev–Trinajstić information content (AvgIpc) is 2.16. The molecule has 2 aliphatic rings. The van der Waals surface area contributed by atoms with E-state index in [2.05, 4.69) is 0 Å². The van der Waals surface area contributed by atoms with E-state index in [-0.39, 0.29) is 6.61 Å². The van der Waals surface area contributed by atoms with Gasteiger partial charge in [0.2, 0.25) is 4.93 Å². The summed E-state index contributed by atoms with van der Waals surface area (Å²) in [5.74, 6) is 0. The lowest BCUT2D eigenvalue weighted by Gasteiger charge is -2.39. The van der Waals surface area contributed by atoms with E-state index in [9.17, 15) is 13.0 Å². The molecule has 5 nitrogen and oxygen atoms in total. The zero-order valence-corrected chi connectivity index (χ0v) is 9.03. The Kier molecular flexibility index (Phi) is 2.46. The van der Waals surface area contributed by atoms with Crippen molar-refractivity contribution in [1.82, 2.24) is 0 Å². The molecule has 84 valence electrons. The predicted molar refractivity (Wildman–Crippen MR) is 52.9 cm³/mol. The van der Waals surface area contributed by atoms with E-state index >= 15 is 0 Å². The van der Waals surface area contributed by atoms with Gasteiger partial charge in [-0.05, 0) is 19.1 Å². The van der Waals surface area contributed by atoms with Crippen molar-refractivity contribution in [2.75, 3.05) is 13.2 Å². The van der Waals surface area contributed by atoms with Crippen LogP contribution in [0.5, 0.6) is 0 Å². The predicted octanol–water partition coefficient (Wildman–Crippen LogP) is 0.502. The van der Waals surface area contributed by atoms with E-state index in [0.29, 0.717) is 6.61 Å². The van der Waals surface area contributed by atoms with Crippen LogP contribution in [0, 0.1) is 0 Å². The number of rotatable bonds is 1. The van der Waals surface area contributed by atoms with Crippen molar-refractivity contribution in [2.45, 2.75) is 18.0 Å². The van der Waals surface area contributed by atoms with Crippen LogP contribution in [0.25, 0.3) is 0 Å². The Balaban J connectivity index is 2.48. The van der Waals surface area contributed by atoms with E-state index in [0.717, 1.165) is 5.57 Å². The maximum atomic E-state index is 11.3. The smallest absolute Gasteiger partial charge is 0.302 e. The minimum atomic E-state index is -4.35. The Hall–Kier alpha value is -0.690. The molecule has 15 heavy (non-hydrogen) atoms. The second kappa shape index (κ2) is 3.41. The topological polar surface area (TPSA) is 72.8 Å². The quantitative estimate of drug-likeness (QED) is 0.666. The van der Waals surface area contributed by atoms with Gasteiger partial charge < -0.3 is 9.47 Å².